The van der Waals surface area contributed by atoms with Crippen molar-refractivity contribution in [2.24, 2.45) is 0 Å². The van der Waals surface area contributed by atoms with Gasteiger partial charge in [0.25, 0.3) is 0 Å². The van der Waals surface area contributed by atoms with E-state index >= 15 is 0 Å². The van der Waals surface area contributed by atoms with E-state index < -0.39 is 10.0 Å². The number of imidazole rings is 1. The molecule has 2 aromatic carbocycles. The Hall–Kier alpha value is -1.78. The Morgan fingerprint density at radius 1 is 1.17 bits per heavy atom. The van der Waals surface area contributed by atoms with Crippen molar-refractivity contribution in [3.05, 3.63) is 46.4 Å². The Bertz CT molecular complexity index is 1180. The van der Waals surface area contributed by atoms with Crippen LogP contribution in [0.25, 0.3) is 11.0 Å². The minimum atomic E-state index is -3.66. The lowest BCUT2D eigenvalue weighted by Crippen LogP contribution is -2.30. The normalized spacial score (nSPS) is 11.9. The summed E-state index contributed by atoms with van der Waals surface area (Å²) in [6, 6.07) is 9.56. The average Bonchev–Trinajstić information content (AvgIpc) is 3.10. The molecular formula is C19H20Cl2N4O3S2. The predicted octanol–water partition coefficient (Wildman–Crippen LogP) is 4.63. The highest BCUT2D eigenvalue weighted by molar-refractivity contribution is 7.99. The number of thioether (sulfide) groups is 1. The molecule has 0 saturated carbocycles. The molecule has 0 saturated heterocycles. The third kappa shape index (κ3) is 5.09. The van der Waals surface area contributed by atoms with Crippen LogP contribution in [0.15, 0.2) is 46.5 Å². The average molecular weight is 487 g/mol. The van der Waals surface area contributed by atoms with Gasteiger partial charge in [0.2, 0.25) is 15.9 Å². The van der Waals surface area contributed by atoms with Crippen LogP contribution in [0.4, 0.5) is 5.69 Å². The number of nitrogens with zero attached hydrogens (tertiary/aromatic N) is 2. The van der Waals surface area contributed by atoms with Gasteiger partial charge in [0.1, 0.15) is 0 Å². The summed E-state index contributed by atoms with van der Waals surface area (Å²) in [6.07, 6.45) is 0. The molecule has 1 amide bonds. The summed E-state index contributed by atoms with van der Waals surface area (Å²) in [5, 5.41) is 4.10. The molecule has 1 heterocycles. The first-order chi connectivity index (χ1) is 14.2. The van der Waals surface area contributed by atoms with Gasteiger partial charge >= 0.3 is 0 Å². The van der Waals surface area contributed by atoms with Crippen molar-refractivity contribution in [3.8, 4) is 0 Å². The number of nitrogens with one attached hydrogen (secondary N) is 2. The van der Waals surface area contributed by atoms with Gasteiger partial charge < -0.3 is 10.3 Å². The minimum Gasteiger partial charge on any atom is -0.333 e. The third-order valence-electron chi connectivity index (χ3n) is 4.32. The largest absolute Gasteiger partial charge is 0.333 e. The molecule has 0 atom stereocenters. The van der Waals surface area contributed by atoms with E-state index in [9.17, 15) is 13.2 Å². The molecule has 3 aromatic rings. The fraction of sp³-hybridized carbons (Fsp3) is 0.263. The van der Waals surface area contributed by atoms with Crippen molar-refractivity contribution < 1.29 is 13.2 Å². The number of sulfonamides is 1. The Labute approximate surface area is 189 Å². The number of carbonyl (C=O) groups is 1. The maximum atomic E-state index is 12.7. The first kappa shape index (κ1) is 22.9. The van der Waals surface area contributed by atoms with E-state index in [1.165, 1.54) is 34.3 Å². The number of benzene rings is 2. The topological polar surface area (TPSA) is 95.2 Å². The lowest BCUT2D eigenvalue weighted by atomic mass is 10.3. The minimum absolute atomic E-state index is 0.0664. The zero-order valence-corrected chi connectivity index (χ0v) is 19.4. The van der Waals surface area contributed by atoms with Gasteiger partial charge in [-0.25, -0.2) is 13.4 Å². The van der Waals surface area contributed by atoms with Crippen molar-refractivity contribution in [2.45, 2.75) is 23.9 Å². The van der Waals surface area contributed by atoms with Crippen LogP contribution in [-0.2, 0) is 14.8 Å². The summed E-state index contributed by atoms with van der Waals surface area (Å²) in [5.74, 6) is -0.269. The van der Waals surface area contributed by atoms with Crippen LogP contribution in [0, 0.1) is 0 Å². The maximum Gasteiger partial charge on any atom is 0.243 e. The van der Waals surface area contributed by atoms with Crippen molar-refractivity contribution in [1.82, 2.24) is 14.3 Å². The van der Waals surface area contributed by atoms with Gasteiger partial charge in [-0.3, -0.25) is 4.79 Å². The van der Waals surface area contributed by atoms with Gasteiger partial charge in [0.05, 0.1) is 32.4 Å². The molecular weight excluding hydrogens is 467 g/mol. The lowest BCUT2D eigenvalue weighted by molar-refractivity contribution is -0.113. The zero-order valence-electron chi connectivity index (χ0n) is 16.3. The Morgan fingerprint density at radius 2 is 1.90 bits per heavy atom. The molecule has 0 radical (unpaired) electrons. The van der Waals surface area contributed by atoms with Crippen LogP contribution in [0.2, 0.25) is 10.0 Å². The summed E-state index contributed by atoms with van der Waals surface area (Å²) >= 11 is 13.3. The summed E-state index contributed by atoms with van der Waals surface area (Å²) in [7, 11) is -3.66. The molecule has 0 aliphatic carbocycles. The van der Waals surface area contributed by atoms with E-state index in [0.717, 1.165) is 11.0 Å². The second kappa shape index (κ2) is 9.57. The van der Waals surface area contributed by atoms with E-state index in [1.807, 2.05) is 0 Å². The number of anilines is 1. The van der Waals surface area contributed by atoms with Gasteiger partial charge in [0.15, 0.2) is 5.16 Å². The summed E-state index contributed by atoms with van der Waals surface area (Å²) < 4.78 is 26.8. The first-order valence-corrected chi connectivity index (χ1v) is 12.3. The van der Waals surface area contributed by atoms with Gasteiger partial charge in [-0.2, -0.15) is 4.31 Å². The molecule has 2 N–H and O–H groups in total. The fourth-order valence-corrected chi connectivity index (χ4v) is 5.33. The number of halogens is 2. The monoisotopic (exact) mass is 486 g/mol. The molecule has 11 heteroatoms. The summed E-state index contributed by atoms with van der Waals surface area (Å²) in [6.45, 7) is 4.23. The number of rotatable bonds is 8. The van der Waals surface area contributed by atoms with E-state index in [1.54, 1.807) is 32.0 Å². The number of aromatic nitrogens is 2. The molecule has 0 spiro atoms. The molecule has 160 valence electrons. The fourth-order valence-electron chi connectivity index (χ4n) is 2.82. The highest BCUT2D eigenvalue weighted by Crippen LogP contribution is 2.28. The third-order valence-corrected chi connectivity index (χ3v) is 7.80. The standard InChI is InChI=1S/C19H20Cl2N4O3S2/c1-3-25(4-2)30(27,28)13-6-7-14(21)16(10-13)22-18(26)11-29-19-23-15-8-5-12(20)9-17(15)24-19/h5-10H,3-4,11H2,1-2H3,(H,22,26)(H,23,24). The van der Waals surface area contributed by atoms with E-state index in [2.05, 4.69) is 15.3 Å². The summed E-state index contributed by atoms with van der Waals surface area (Å²) in [4.78, 5) is 20.0. The molecule has 0 unspecified atom stereocenters. The van der Waals surface area contributed by atoms with Crippen molar-refractivity contribution in [3.63, 3.8) is 0 Å². The molecule has 0 aliphatic rings. The van der Waals surface area contributed by atoms with Crippen LogP contribution < -0.4 is 5.32 Å². The second-order valence-corrected chi connectivity index (χ2v) is 10.0. The quantitative estimate of drug-likeness (QED) is 0.452. The Balaban J connectivity index is 1.71. The van der Waals surface area contributed by atoms with Gasteiger partial charge in [-0.15, -0.1) is 0 Å². The first-order valence-electron chi connectivity index (χ1n) is 9.12. The second-order valence-electron chi connectivity index (χ2n) is 6.27. The number of amides is 1. The molecule has 3 rings (SSSR count). The lowest BCUT2D eigenvalue weighted by Gasteiger charge is -2.19. The summed E-state index contributed by atoms with van der Waals surface area (Å²) in [5.41, 5.74) is 1.77. The number of fused-ring (bicyclic) bond motifs is 1. The number of hydrogen-bond acceptors (Lipinski definition) is 5. The van der Waals surface area contributed by atoms with Crippen LogP contribution in [0.1, 0.15) is 13.8 Å². The molecule has 30 heavy (non-hydrogen) atoms. The molecule has 7 nitrogen and oxygen atoms in total. The van der Waals surface area contributed by atoms with Crippen molar-refractivity contribution in [2.75, 3.05) is 24.2 Å². The van der Waals surface area contributed by atoms with Crippen LogP contribution in [-0.4, -0.2) is 47.4 Å². The van der Waals surface area contributed by atoms with E-state index in [-0.39, 0.29) is 27.3 Å². The molecule has 0 fully saturated rings. The molecule has 0 aliphatic heterocycles. The van der Waals surface area contributed by atoms with Crippen LogP contribution >= 0.6 is 35.0 Å². The molecule has 1 aromatic heterocycles. The van der Waals surface area contributed by atoms with Crippen molar-refractivity contribution in [1.29, 1.82) is 0 Å². The van der Waals surface area contributed by atoms with E-state index in [4.69, 9.17) is 23.2 Å². The highest BCUT2D eigenvalue weighted by Gasteiger charge is 2.23. The van der Waals surface area contributed by atoms with Gasteiger partial charge in [-0.1, -0.05) is 48.8 Å². The number of hydrogen-bond donors (Lipinski definition) is 2. The maximum absolute atomic E-state index is 12.7. The predicted molar refractivity (Wildman–Crippen MR) is 122 cm³/mol. The van der Waals surface area contributed by atoms with Gasteiger partial charge in [-0.05, 0) is 36.4 Å². The number of aromatic amines is 1. The van der Waals surface area contributed by atoms with Crippen LogP contribution in [0.3, 0.4) is 0 Å². The number of carbonyl (C=O) groups excluding carboxylic acids is 1. The zero-order chi connectivity index (χ0) is 21.9. The van der Waals surface area contributed by atoms with E-state index in [0.29, 0.717) is 23.3 Å². The molecule has 0 bridgehead atoms. The van der Waals surface area contributed by atoms with Crippen molar-refractivity contribution >= 4 is 67.6 Å². The number of H-pyrrole nitrogens is 1. The van der Waals surface area contributed by atoms with Crippen LogP contribution in [0.5, 0.6) is 0 Å². The Morgan fingerprint density at radius 3 is 2.60 bits per heavy atom. The smallest absolute Gasteiger partial charge is 0.243 e. The Kier molecular flexibility index (Phi) is 7.30. The SMILES string of the molecule is CCN(CC)S(=O)(=O)c1ccc(Cl)c(NC(=O)CSc2nc3ccc(Cl)cc3[nH]2)c1. The van der Waals surface area contributed by atoms with Gasteiger partial charge in [0, 0.05) is 18.1 Å². The highest BCUT2D eigenvalue weighted by atomic mass is 35.5.